The van der Waals surface area contributed by atoms with E-state index in [2.05, 4.69) is 93.7 Å². The maximum atomic E-state index is 13.8. The first-order valence-electron chi connectivity index (χ1n) is 25.6. The fourth-order valence-corrected chi connectivity index (χ4v) is 12.6. The lowest BCUT2D eigenvalue weighted by molar-refractivity contribution is -0.385. The van der Waals surface area contributed by atoms with Crippen LogP contribution in [0, 0.1) is 20.2 Å². The van der Waals surface area contributed by atoms with Crippen molar-refractivity contribution in [2.75, 3.05) is 37.1 Å². The predicted octanol–water partition coefficient (Wildman–Crippen LogP) is 15.3. The molecule has 80 heavy (non-hydrogen) atoms. The second-order valence-electron chi connectivity index (χ2n) is 23.0. The van der Waals surface area contributed by atoms with E-state index in [-0.39, 0.29) is 23.7 Å². The molecule has 20 heteroatoms. The van der Waals surface area contributed by atoms with Crippen LogP contribution >= 0.6 is 47.0 Å². The van der Waals surface area contributed by atoms with Crippen LogP contribution in [-0.2, 0) is 40.8 Å². The number of phenolic OH excluding ortho intramolecular Hbond substituents is 1. The summed E-state index contributed by atoms with van der Waals surface area (Å²) in [6, 6.07) is 26.9. The number of carbonyl (C=O) groups is 3. The molecule has 0 unspecified atom stereocenters. The van der Waals surface area contributed by atoms with Gasteiger partial charge in [-0.3, -0.25) is 29.8 Å². The molecule has 0 saturated carbocycles. The number of amides is 2. The number of ether oxygens (including phenoxy) is 4. The zero-order chi connectivity index (χ0) is 58.6. The molecule has 7 rings (SSSR count). The molecule has 2 amide bonds. The van der Waals surface area contributed by atoms with Crippen molar-refractivity contribution < 1.29 is 48.3 Å². The van der Waals surface area contributed by atoms with Crippen molar-refractivity contribution in [1.29, 1.82) is 0 Å². The number of nitro benzene ring substituents is 2. The van der Waals surface area contributed by atoms with E-state index in [4.69, 9.17) is 18.9 Å². The molecule has 0 radical (unpaired) electrons. The molecular formula is C60H66N4O12S4. The predicted molar refractivity (Wildman–Crippen MR) is 315 cm³/mol. The van der Waals surface area contributed by atoms with Crippen molar-refractivity contribution in [3.05, 3.63) is 140 Å². The second-order valence-corrected chi connectivity index (χ2v) is 27.3. The van der Waals surface area contributed by atoms with Crippen LogP contribution in [0.1, 0.15) is 112 Å². The van der Waals surface area contributed by atoms with Gasteiger partial charge in [0.05, 0.1) is 55.6 Å². The van der Waals surface area contributed by atoms with Crippen molar-refractivity contribution in [2.45, 2.75) is 151 Å². The molecule has 1 heterocycles. The minimum absolute atomic E-state index is 0.0377. The molecule has 1 aliphatic rings. The van der Waals surface area contributed by atoms with Crippen molar-refractivity contribution in [3.8, 4) is 23.0 Å². The van der Waals surface area contributed by atoms with Gasteiger partial charge in [-0.1, -0.05) is 130 Å². The fourth-order valence-electron chi connectivity index (χ4n) is 7.89. The Labute approximate surface area is 483 Å². The number of nitro groups is 2. The van der Waals surface area contributed by atoms with Crippen LogP contribution in [0.25, 0.3) is 0 Å². The van der Waals surface area contributed by atoms with E-state index in [0.29, 0.717) is 67.8 Å². The first kappa shape index (κ1) is 60.8. The largest absolute Gasteiger partial charge is 0.506 e. The SMILES string of the molecule is CCOC(=O)COc1c2cc(C(C)(C)C)cc1Sc1cc(C(C)(C)C)cc(c1OCC(=O)Nc1ccc([N+](=O)[O-])cc1)Sc1cc(C(C)(C)C)cc(c1O)Sc1cc(C(C)(C)C)cc(c1OCC(=O)Nc1ccc([N+](=O)[O-])cc1)S2. The summed E-state index contributed by atoms with van der Waals surface area (Å²) in [5.74, 6) is -0.720. The van der Waals surface area contributed by atoms with Gasteiger partial charge in [-0.2, -0.15) is 0 Å². The smallest absolute Gasteiger partial charge is 0.344 e. The number of rotatable bonds is 14. The fraction of sp³-hybridized carbons (Fsp3) is 0.350. The summed E-state index contributed by atoms with van der Waals surface area (Å²) in [7, 11) is 0. The molecule has 0 spiro atoms. The molecular weight excluding hydrogens is 1100 g/mol. The Hall–Kier alpha value is -6.87. The Kier molecular flexibility index (Phi) is 18.6. The van der Waals surface area contributed by atoms with E-state index in [0.717, 1.165) is 22.3 Å². The van der Waals surface area contributed by atoms with Gasteiger partial charge >= 0.3 is 5.97 Å². The maximum absolute atomic E-state index is 13.8. The van der Waals surface area contributed by atoms with Gasteiger partial charge in [-0.15, -0.1) is 0 Å². The molecule has 16 nitrogen and oxygen atoms in total. The summed E-state index contributed by atoms with van der Waals surface area (Å²) < 4.78 is 25.4. The number of hydrogen-bond acceptors (Lipinski definition) is 16. The highest BCUT2D eigenvalue weighted by Crippen LogP contribution is 2.56. The van der Waals surface area contributed by atoms with Gasteiger partial charge < -0.3 is 34.7 Å². The first-order valence-corrected chi connectivity index (χ1v) is 28.9. The standard InChI is InChI=1S/C60H66N4O12S4/c1-14-73-52(67)33-76-56-48-29-37(60(11,12)13)30-49(56)80-47-28-36(59(8,9)10)26-45(55(47)75-32-51(66)62-39-17-21-41(22-18-39)64(71)72)78-43-24-34(57(2,3)4)23-42(53(43)68)77-44-25-35(58(5,6)7)27-46(79-48)54(44)74-31-50(65)61-38-15-19-40(20-16-38)63(69)70/h15-30,68H,14,31-33H2,1-13H3,(H,61,65)(H,62,66). The van der Waals surface area contributed by atoms with E-state index in [1.807, 2.05) is 48.5 Å². The number of nitrogens with zero attached hydrogens (tertiary/aromatic N) is 2. The van der Waals surface area contributed by atoms with Gasteiger partial charge in [-0.05, 0) is 124 Å². The summed E-state index contributed by atoms with van der Waals surface area (Å²) >= 11 is 5.18. The number of anilines is 2. The lowest BCUT2D eigenvalue weighted by Crippen LogP contribution is -2.21. The van der Waals surface area contributed by atoms with Gasteiger partial charge in [0.15, 0.2) is 19.8 Å². The summed E-state index contributed by atoms with van der Waals surface area (Å²) in [6.45, 7) is 25.5. The van der Waals surface area contributed by atoms with Crippen LogP contribution in [0.3, 0.4) is 0 Å². The van der Waals surface area contributed by atoms with Crippen molar-refractivity contribution >= 4 is 87.6 Å². The number of aromatic hydroxyl groups is 1. The summed E-state index contributed by atoms with van der Waals surface area (Å²) in [5.41, 5.74) is 2.26. The highest BCUT2D eigenvalue weighted by atomic mass is 32.2. The molecule has 6 aromatic rings. The highest BCUT2D eigenvalue weighted by molar-refractivity contribution is 8.01. The van der Waals surface area contributed by atoms with Gasteiger partial charge in [-0.25, -0.2) is 4.79 Å². The molecule has 0 aliphatic carbocycles. The van der Waals surface area contributed by atoms with Crippen LogP contribution in [0.4, 0.5) is 22.7 Å². The number of nitrogens with one attached hydrogen (secondary N) is 2. The van der Waals surface area contributed by atoms with Crippen LogP contribution < -0.4 is 24.8 Å². The Morgan fingerprint density at radius 2 is 0.725 bits per heavy atom. The van der Waals surface area contributed by atoms with Crippen molar-refractivity contribution in [1.82, 2.24) is 0 Å². The van der Waals surface area contributed by atoms with Crippen molar-refractivity contribution in [3.63, 3.8) is 0 Å². The first-order chi connectivity index (χ1) is 37.4. The van der Waals surface area contributed by atoms with Gasteiger partial charge in [0.1, 0.15) is 23.0 Å². The molecule has 0 fully saturated rings. The van der Waals surface area contributed by atoms with Crippen LogP contribution in [0.5, 0.6) is 23.0 Å². The summed E-state index contributed by atoms with van der Waals surface area (Å²) in [4.78, 5) is 67.2. The van der Waals surface area contributed by atoms with E-state index in [1.165, 1.54) is 95.6 Å². The zero-order valence-corrected chi connectivity index (χ0v) is 50.3. The Bertz CT molecular complexity index is 3170. The van der Waals surface area contributed by atoms with Crippen molar-refractivity contribution in [2.24, 2.45) is 0 Å². The quantitative estimate of drug-likeness (QED) is 0.0524. The Morgan fingerprint density at radius 3 is 0.988 bits per heavy atom. The van der Waals surface area contributed by atoms with Gasteiger partial charge in [0, 0.05) is 35.6 Å². The van der Waals surface area contributed by atoms with Crippen LogP contribution in [0.2, 0.25) is 0 Å². The Balaban J connectivity index is 1.50. The molecule has 422 valence electrons. The average molecular weight is 1160 g/mol. The number of phenols is 1. The van der Waals surface area contributed by atoms with E-state index in [1.54, 1.807) is 6.92 Å². The number of fused-ring (bicyclic) bond motifs is 8. The number of benzene rings is 6. The van der Waals surface area contributed by atoms with Gasteiger partial charge in [0.25, 0.3) is 23.2 Å². The highest BCUT2D eigenvalue weighted by Gasteiger charge is 2.31. The number of esters is 1. The second kappa shape index (κ2) is 24.5. The minimum Gasteiger partial charge on any atom is -0.506 e. The number of non-ortho nitro benzene ring substituents is 2. The monoisotopic (exact) mass is 1160 g/mol. The van der Waals surface area contributed by atoms with E-state index >= 15 is 0 Å². The van der Waals surface area contributed by atoms with Gasteiger partial charge in [0.2, 0.25) is 0 Å². The average Bonchev–Trinajstić information content (AvgIpc) is 3.36. The lowest BCUT2D eigenvalue weighted by atomic mass is 9.87. The van der Waals surface area contributed by atoms with Crippen LogP contribution in [-0.4, -0.2) is 59.2 Å². The third kappa shape index (κ3) is 15.3. The lowest BCUT2D eigenvalue weighted by Gasteiger charge is -2.28. The maximum Gasteiger partial charge on any atom is 0.344 e. The van der Waals surface area contributed by atoms with Crippen LogP contribution in [0.15, 0.2) is 136 Å². The molecule has 8 bridgehead atoms. The molecule has 0 aromatic heterocycles. The Morgan fingerprint density at radius 1 is 0.463 bits per heavy atom. The van der Waals surface area contributed by atoms with E-state index < -0.39 is 69.1 Å². The molecule has 1 aliphatic heterocycles. The summed E-state index contributed by atoms with van der Waals surface area (Å²) in [6.07, 6.45) is 0. The zero-order valence-electron chi connectivity index (χ0n) is 47.0. The third-order valence-corrected chi connectivity index (χ3v) is 16.7. The molecule has 0 atom stereocenters. The minimum atomic E-state index is -0.593. The normalized spacial score (nSPS) is 12.7. The molecule has 0 saturated heterocycles. The molecule has 3 N–H and O–H groups in total. The summed E-state index contributed by atoms with van der Waals surface area (Å²) in [5, 5.41) is 41.1. The third-order valence-electron chi connectivity index (χ3n) is 12.5. The topological polar surface area (TPSA) is 219 Å². The number of hydrogen-bond donors (Lipinski definition) is 3. The van der Waals surface area contributed by atoms with E-state index in [9.17, 15) is 39.7 Å². The number of carbonyl (C=O) groups excluding carboxylic acids is 3. The molecule has 6 aromatic carbocycles.